The molecule has 1 atom stereocenters. The highest BCUT2D eigenvalue weighted by molar-refractivity contribution is 5.83. The Morgan fingerprint density at radius 3 is 2.67 bits per heavy atom. The number of nitrogens with one attached hydrogen (secondary N) is 1. The van der Waals surface area contributed by atoms with E-state index in [0.29, 0.717) is 0 Å². The van der Waals surface area contributed by atoms with Gasteiger partial charge in [0, 0.05) is 41.7 Å². The summed E-state index contributed by atoms with van der Waals surface area (Å²) in [6.07, 6.45) is 3.51. The molecule has 1 aliphatic heterocycles. The minimum Gasteiger partial charge on any atom is -0.350 e. The molecule has 2 heteroatoms. The van der Waals surface area contributed by atoms with Crippen molar-refractivity contribution in [1.82, 2.24) is 4.57 Å². The highest BCUT2D eigenvalue weighted by Gasteiger charge is 2.20. The Hall–Kier alpha value is -2.06. The molecular weight excluding hydrogens is 256 g/mol. The van der Waals surface area contributed by atoms with Gasteiger partial charge in [0.25, 0.3) is 0 Å². The number of aromatic nitrogens is 1. The molecule has 0 amide bonds. The average Bonchev–Trinajstić information content (AvgIpc) is 2.84. The molecule has 2 nitrogen and oxygen atoms in total. The van der Waals surface area contributed by atoms with E-state index in [0.717, 1.165) is 13.1 Å². The molecule has 1 N–H and O–H groups in total. The summed E-state index contributed by atoms with van der Waals surface area (Å²) in [7, 11) is 2.15. The van der Waals surface area contributed by atoms with Gasteiger partial charge in [0.1, 0.15) is 13.1 Å². The molecule has 0 spiro atoms. The number of nitrogens with zero attached hydrogens (tertiary/aromatic N) is 1. The number of para-hydroxylation sites is 1. The maximum atomic E-state index is 2.30. The van der Waals surface area contributed by atoms with Crippen molar-refractivity contribution in [2.75, 3.05) is 6.54 Å². The Bertz CT molecular complexity index is 785. The molecule has 1 unspecified atom stereocenters. The molecule has 4 rings (SSSR count). The van der Waals surface area contributed by atoms with Crippen LogP contribution in [0.15, 0.2) is 54.7 Å². The molecule has 2 aromatic carbocycles. The summed E-state index contributed by atoms with van der Waals surface area (Å²) in [5, 5.41) is 1.41. The lowest BCUT2D eigenvalue weighted by molar-refractivity contribution is -0.929. The van der Waals surface area contributed by atoms with Crippen LogP contribution < -0.4 is 4.90 Å². The van der Waals surface area contributed by atoms with Crippen LogP contribution in [0.5, 0.6) is 0 Å². The van der Waals surface area contributed by atoms with Gasteiger partial charge in [-0.1, -0.05) is 42.5 Å². The molecule has 0 saturated heterocycles. The van der Waals surface area contributed by atoms with Gasteiger partial charge in [-0.3, -0.25) is 0 Å². The summed E-state index contributed by atoms with van der Waals surface area (Å²) in [4.78, 5) is 1.67. The van der Waals surface area contributed by atoms with E-state index in [9.17, 15) is 0 Å². The van der Waals surface area contributed by atoms with E-state index in [4.69, 9.17) is 0 Å². The van der Waals surface area contributed by atoms with Gasteiger partial charge in [-0.25, -0.2) is 0 Å². The molecule has 1 aromatic heterocycles. The maximum absolute atomic E-state index is 2.30. The lowest BCUT2D eigenvalue weighted by atomic mass is 9.99. The molecule has 0 bridgehead atoms. The van der Waals surface area contributed by atoms with Crippen molar-refractivity contribution in [3.8, 4) is 0 Å². The number of aryl methyl sites for hydroxylation is 1. The van der Waals surface area contributed by atoms with Crippen molar-refractivity contribution in [2.24, 2.45) is 7.05 Å². The number of benzene rings is 2. The fourth-order valence-corrected chi connectivity index (χ4v) is 3.63. The van der Waals surface area contributed by atoms with Crippen molar-refractivity contribution >= 4 is 10.9 Å². The second kappa shape index (κ2) is 5.05. The number of fused-ring (bicyclic) bond motifs is 2. The zero-order valence-electron chi connectivity index (χ0n) is 12.5. The topological polar surface area (TPSA) is 9.37 Å². The fourth-order valence-electron chi connectivity index (χ4n) is 3.63. The van der Waals surface area contributed by atoms with Crippen molar-refractivity contribution in [1.29, 1.82) is 0 Å². The van der Waals surface area contributed by atoms with Crippen LogP contribution in [0.4, 0.5) is 0 Å². The van der Waals surface area contributed by atoms with Crippen LogP contribution >= 0.6 is 0 Å². The summed E-state index contributed by atoms with van der Waals surface area (Å²) in [5.74, 6) is 0. The van der Waals surface area contributed by atoms with E-state index in [1.807, 2.05) is 0 Å². The minimum atomic E-state index is 1.12. The molecule has 0 saturated carbocycles. The molecule has 21 heavy (non-hydrogen) atoms. The summed E-state index contributed by atoms with van der Waals surface area (Å²) < 4.78 is 2.25. The quantitative estimate of drug-likeness (QED) is 0.736. The van der Waals surface area contributed by atoms with Crippen molar-refractivity contribution in [3.05, 3.63) is 71.4 Å². The van der Waals surface area contributed by atoms with Crippen LogP contribution in [0.25, 0.3) is 10.9 Å². The van der Waals surface area contributed by atoms with Crippen LogP contribution in [0, 0.1) is 0 Å². The highest BCUT2D eigenvalue weighted by Crippen LogP contribution is 2.20. The lowest BCUT2D eigenvalue weighted by Crippen LogP contribution is -3.10. The second-order valence-corrected chi connectivity index (χ2v) is 6.15. The van der Waals surface area contributed by atoms with Gasteiger partial charge >= 0.3 is 0 Å². The van der Waals surface area contributed by atoms with Gasteiger partial charge < -0.3 is 9.47 Å². The maximum Gasteiger partial charge on any atom is 0.105 e. The van der Waals surface area contributed by atoms with Crippen LogP contribution in [0.1, 0.15) is 16.7 Å². The molecule has 2 heterocycles. The van der Waals surface area contributed by atoms with E-state index in [1.54, 1.807) is 10.5 Å². The van der Waals surface area contributed by atoms with Gasteiger partial charge in [0.05, 0.1) is 6.54 Å². The number of hydrogen-bond acceptors (Lipinski definition) is 0. The molecule has 1 aliphatic rings. The van der Waals surface area contributed by atoms with E-state index in [1.165, 1.54) is 35.0 Å². The Balaban J connectivity index is 1.62. The van der Waals surface area contributed by atoms with Crippen molar-refractivity contribution < 1.29 is 4.90 Å². The third-order valence-electron chi connectivity index (χ3n) is 4.73. The molecule has 0 radical (unpaired) electrons. The molecule has 0 aliphatic carbocycles. The van der Waals surface area contributed by atoms with E-state index < -0.39 is 0 Å². The van der Waals surface area contributed by atoms with E-state index >= 15 is 0 Å². The van der Waals surface area contributed by atoms with Crippen molar-refractivity contribution in [3.63, 3.8) is 0 Å². The summed E-state index contributed by atoms with van der Waals surface area (Å²) in [5.41, 5.74) is 5.88. The smallest absolute Gasteiger partial charge is 0.105 e. The average molecular weight is 277 g/mol. The van der Waals surface area contributed by atoms with E-state index in [2.05, 4.69) is 66.3 Å². The van der Waals surface area contributed by atoms with Crippen molar-refractivity contribution in [2.45, 2.75) is 19.5 Å². The minimum absolute atomic E-state index is 1.12. The third kappa shape index (κ3) is 2.26. The molecular formula is C19H21N2+. The summed E-state index contributed by atoms with van der Waals surface area (Å²) in [6.45, 7) is 3.51. The first-order valence-corrected chi connectivity index (χ1v) is 7.74. The first kappa shape index (κ1) is 12.7. The predicted molar refractivity (Wildman–Crippen MR) is 86.3 cm³/mol. The predicted octanol–water partition coefficient (Wildman–Crippen LogP) is 2.32. The molecule has 0 fully saturated rings. The Kier molecular flexibility index (Phi) is 3.04. The van der Waals surface area contributed by atoms with Gasteiger partial charge in [0.15, 0.2) is 0 Å². The first-order valence-electron chi connectivity index (χ1n) is 7.74. The SMILES string of the molecule is Cn1cc(C[NH+]2CCc3ccccc3C2)c2ccccc21. The number of quaternary nitrogens is 1. The third-order valence-corrected chi connectivity index (χ3v) is 4.73. The summed E-state index contributed by atoms with van der Waals surface area (Å²) in [6, 6.07) is 17.6. The highest BCUT2D eigenvalue weighted by atomic mass is 15.1. The first-order chi connectivity index (χ1) is 10.3. The monoisotopic (exact) mass is 277 g/mol. The Morgan fingerprint density at radius 2 is 1.76 bits per heavy atom. The van der Waals surface area contributed by atoms with Gasteiger partial charge in [-0.15, -0.1) is 0 Å². The normalized spacial score (nSPS) is 17.9. The Labute approximate surface area is 125 Å². The molecule has 3 aromatic rings. The van der Waals surface area contributed by atoms with Crippen LogP contribution in [0.3, 0.4) is 0 Å². The second-order valence-electron chi connectivity index (χ2n) is 6.15. The largest absolute Gasteiger partial charge is 0.350 e. The Morgan fingerprint density at radius 1 is 1.00 bits per heavy atom. The molecule has 106 valence electrons. The fraction of sp³-hybridized carbons (Fsp3) is 0.263. The van der Waals surface area contributed by atoms with Gasteiger partial charge in [-0.2, -0.15) is 0 Å². The number of hydrogen-bond donors (Lipinski definition) is 1. The number of rotatable bonds is 2. The zero-order valence-corrected chi connectivity index (χ0v) is 12.5. The lowest BCUT2D eigenvalue weighted by Gasteiger charge is -2.25. The van der Waals surface area contributed by atoms with Crippen LogP contribution in [-0.4, -0.2) is 11.1 Å². The standard InChI is InChI=1S/C19H20N2/c1-20-12-17(18-8-4-5-9-19(18)20)14-21-11-10-15-6-2-3-7-16(15)13-21/h2-9,12H,10-11,13-14H2,1H3/p+1. The van der Waals surface area contributed by atoms with Gasteiger partial charge in [0.2, 0.25) is 0 Å². The van der Waals surface area contributed by atoms with Crippen LogP contribution in [0.2, 0.25) is 0 Å². The van der Waals surface area contributed by atoms with Crippen LogP contribution in [-0.2, 0) is 26.6 Å². The zero-order chi connectivity index (χ0) is 14.2. The summed E-state index contributed by atoms with van der Waals surface area (Å²) >= 11 is 0. The van der Waals surface area contributed by atoms with Gasteiger partial charge in [-0.05, 0) is 11.6 Å². The van der Waals surface area contributed by atoms with E-state index in [-0.39, 0.29) is 0 Å².